The highest BCUT2D eigenvalue weighted by Gasteiger charge is 2.33. The SMILES string of the molecule is O=C1/C(=C\c2ccc(-c3ccccc3[N+](=O)[O-])o2)SC(=S)N1c1cccc(Br)c1. The fourth-order valence-electron chi connectivity index (χ4n) is 2.85. The number of amides is 1. The maximum atomic E-state index is 12.9. The number of hydrogen-bond acceptors (Lipinski definition) is 6. The van der Waals surface area contributed by atoms with E-state index in [0.29, 0.717) is 32.0 Å². The van der Waals surface area contributed by atoms with Gasteiger partial charge in [-0.2, -0.15) is 0 Å². The van der Waals surface area contributed by atoms with Gasteiger partial charge in [0.15, 0.2) is 4.32 Å². The summed E-state index contributed by atoms with van der Waals surface area (Å²) in [5, 5.41) is 11.2. The van der Waals surface area contributed by atoms with Crippen LogP contribution in [0.15, 0.2) is 74.5 Å². The first-order valence-corrected chi connectivity index (χ1v) is 10.3. The Hall–Kier alpha value is -2.75. The number of thiocarbonyl (C=S) groups is 1. The number of halogens is 1. The van der Waals surface area contributed by atoms with Gasteiger partial charge in [-0.15, -0.1) is 0 Å². The van der Waals surface area contributed by atoms with Crippen molar-refractivity contribution in [3.05, 3.63) is 85.9 Å². The standard InChI is InChI=1S/C20H11BrN2O4S2/c21-12-4-3-5-13(10-12)22-19(24)18(29-20(22)28)11-14-8-9-17(27-14)15-6-1-2-7-16(15)23(25)26/h1-11H/b18-11+. The lowest BCUT2D eigenvalue weighted by Crippen LogP contribution is -2.27. The molecule has 0 atom stereocenters. The molecule has 1 amide bonds. The second-order valence-electron chi connectivity index (χ2n) is 5.97. The predicted molar refractivity (Wildman–Crippen MR) is 121 cm³/mol. The first-order valence-electron chi connectivity index (χ1n) is 8.31. The molecule has 6 nitrogen and oxygen atoms in total. The normalized spacial score (nSPS) is 15.3. The molecule has 1 aliphatic rings. The summed E-state index contributed by atoms with van der Waals surface area (Å²) < 4.78 is 7.01. The number of rotatable bonds is 4. The Kier molecular flexibility index (Phi) is 5.35. The minimum absolute atomic E-state index is 0.0469. The van der Waals surface area contributed by atoms with Crippen LogP contribution in [0.25, 0.3) is 17.4 Å². The summed E-state index contributed by atoms with van der Waals surface area (Å²) in [6, 6.07) is 16.9. The first-order chi connectivity index (χ1) is 13.9. The van der Waals surface area contributed by atoms with Crippen LogP contribution in [0.5, 0.6) is 0 Å². The number of thioether (sulfide) groups is 1. The molecule has 0 unspecified atom stereocenters. The van der Waals surface area contributed by atoms with E-state index < -0.39 is 4.92 Å². The number of carbonyl (C=O) groups is 1. The van der Waals surface area contributed by atoms with Crippen molar-refractivity contribution in [3.8, 4) is 11.3 Å². The van der Waals surface area contributed by atoms with Gasteiger partial charge < -0.3 is 4.42 Å². The summed E-state index contributed by atoms with van der Waals surface area (Å²) in [4.78, 5) is 25.5. The van der Waals surface area contributed by atoms with E-state index in [1.807, 2.05) is 18.2 Å². The van der Waals surface area contributed by atoms with E-state index in [1.54, 1.807) is 42.5 Å². The Bertz CT molecular complexity index is 1190. The van der Waals surface area contributed by atoms with Crippen molar-refractivity contribution in [2.45, 2.75) is 0 Å². The van der Waals surface area contributed by atoms with Crippen LogP contribution in [0.1, 0.15) is 5.76 Å². The third-order valence-electron chi connectivity index (χ3n) is 4.13. The second kappa shape index (κ2) is 7.94. The molecule has 0 spiro atoms. The number of nitro groups is 1. The van der Waals surface area contributed by atoms with Crippen LogP contribution in [-0.2, 0) is 4.79 Å². The molecule has 0 radical (unpaired) electrons. The summed E-state index contributed by atoms with van der Waals surface area (Å²) in [6.45, 7) is 0. The molecule has 1 fully saturated rings. The van der Waals surface area contributed by atoms with Crippen molar-refractivity contribution in [2.24, 2.45) is 0 Å². The minimum atomic E-state index is -0.458. The Morgan fingerprint density at radius 1 is 1.14 bits per heavy atom. The van der Waals surface area contributed by atoms with Gasteiger partial charge in [0.2, 0.25) is 0 Å². The van der Waals surface area contributed by atoms with Crippen LogP contribution < -0.4 is 4.90 Å². The van der Waals surface area contributed by atoms with Crippen molar-refractivity contribution in [1.29, 1.82) is 0 Å². The molecule has 2 aromatic carbocycles. The maximum absolute atomic E-state index is 12.9. The number of nitrogens with zero attached hydrogens (tertiary/aromatic N) is 2. The molecule has 1 saturated heterocycles. The van der Waals surface area contributed by atoms with E-state index >= 15 is 0 Å². The van der Waals surface area contributed by atoms with E-state index in [-0.39, 0.29) is 11.6 Å². The number of nitro benzene ring substituents is 1. The van der Waals surface area contributed by atoms with Crippen molar-refractivity contribution >= 4 is 67.6 Å². The van der Waals surface area contributed by atoms with Crippen LogP contribution >= 0.6 is 39.9 Å². The number of furan rings is 1. The zero-order chi connectivity index (χ0) is 20.5. The van der Waals surface area contributed by atoms with Crippen LogP contribution in [0, 0.1) is 10.1 Å². The Morgan fingerprint density at radius 2 is 1.93 bits per heavy atom. The quantitative estimate of drug-likeness (QED) is 0.194. The Balaban J connectivity index is 1.64. The van der Waals surface area contributed by atoms with Crippen molar-refractivity contribution in [1.82, 2.24) is 0 Å². The topological polar surface area (TPSA) is 76.6 Å². The number of para-hydroxylation sites is 1. The second-order valence-corrected chi connectivity index (χ2v) is 8.56. The van der Waals surface area contributed by atoms with E-state index in [9.17, 15) is 14.9 Å². The van der Waals surface area contributed by atoms with Gasteiger partial charge in [-0.05, 0) is 36.4 Å². The monoisotopic (exact) mass is 486 g/mol. The number of anilines is 1. The van der Waals surface area contributed by atoms with E-state index in [2.05, 4.69) is 15.9 Å². The zero-order valence-electron chi connectivity index (χ0n) is 14.6. The highest BCUT2D eigenvalue weighted by Crippen LogP contribution is 2.38. The first kappa shape index (κ1) is 19.6. The molecule has 1 aromatic heterocycles. The number of benzene rings is 2. The van der Waals surface area contributed by atoms with Crippen LogP contribution in [0.4, 0.5) is 11.4 Å². The molecule has 0 saturated carbocycles. The molecule has 29 heavy (non-hydrogen) atoms. The van der Waals surface area contributed by atoms with Crippen molar-refractivity contribution in [2.75, 3.05) is 4.90 Å². The summed E-state index contributed by atoms with van der Waals surface area (Å²) >= 11 is 9.94. The van der Waals surface area contributed by atoms with E-state index in [4.69, 9.17) is 16.6 Å². The smallest absolute Gasteiger partial charge is 0.280 e. The zero-order valence-corrected chi connectivity index (χ0v) is 17.8. The van der Waals surface area contributed by atoms with Crippen LogP contribution in [0.2, 0.25) is 0 Å². The van der Waals surface area contributed by atoms with Gasteiger partial charge >= 0.3 is 0 Å². The summed E-state index contributed by atoms with van der Waals surface area (Å²) in [5.41, 5.74) is 0.999. The summed E-state index contributed by atoms with van der Waals surface area (Å²) in [5.74, 6) is 0.514. The average Bonchev–Trinajstić information content (AvgIpc) is 3.26. The lowest BCUT2D eigenvalue weighted by Gasteiger charge is -2.14. The maximum Gasteiger partial charge on any atom is 0.280 e. The molecule has 0 aliphatic carbocycles. The molecular formula is C20H11BrN2O4S2. The molecule has 4 rings (SSSR count). The third-order valence-corrected chi connectivity index (χ3v) is 5.92. The molecule has 144 valence electrons. The van der Waals surface area contributed by atoms with Crippen LogP contribution in [-0.4, -0.2) is 15.2 Å². The van der Waals surface area contributed by atoms with Crippen LogP contribution in [0.3, 0.4) is 0 Å². The summed E-state index contributed by atoms with van der Waals surface area (Å²) in [7, 11) is 0. The highest BCUT2D eigenvalue weighted by molar-refractivity contribution is 9.10. The van der Waals surface area contributed by atoms with Gasteiger partial charge in [0.1, 0.15) is 11.5 Å². The predicted octanol–water partition coefficient (Wildman–Crippen LogP) is 6.02. The van der Waals surface area contributed by atoms with E-state index in [1.165, 1.54) is 22.7 Å². The summed E-state index contributed by atoms with van der Waals surface area (Å²) in [6.07, 6.45) is 1.59. The minimum Gasteiger partial charge on any atom is -0.456 e. The lowest BCUT2D eigenvalue weighted by molar-refractivity contribution is -0.384. The molecule has 0 N–H and O–H groups in total. The molecule has 3 aromatic rings. The van der Waals surface area contributed by atoms with Gasteiger partial charge in [-0.3, -0.25) is 19.8 Å². The van der Waals surface area contributed by atoms with E-state index in [0.717, 1.165) is 4.47 Å². The largest absolute Gasteiger partial charge is 0.456 e. The average molecular weight is 487 g/mol. The fraction of sp³-hybridized carbons (Fsp3) is 0. The molecule has 9 heteroatoms. The Morgan fingerprint density at radius 3 is 2.69 bits per heavy atom. The molecular weight excluding hydrogens is 476 g/mol. The molecule has 1 aliphatic heterocycles. The van der Waals surface area contributed by atoms with Gasteiger partial charge in [0.25, 0.3) is 11.6 Å². The third kappa shape index (κ3) is 3.89. The number of hydrogen-bond donors (Lipinski definition) is 0. The van der Waals surface area contributed by atoms with Gasteiger partial charge in [-0.25, -0.2) is 0 Å². The highest BCUT2D eigenvalue weighted by atomic mass is 79.9. The Labute approximate surface area is 183 Å². The van der Waals surface area contributed by atoms with Gasteiger partial charge in [-0.1, -0.05) is 58.1 Å². The van der Waals surface area contributed by atoms with Gasteiger partial charge in [0, 0.05) is 16.6 Å². The van der Waals surface area contributed by atoms with Crippen molar-refractivity contribution in [3.63, 3.8) is 0 Å². The molecule has 2 heterocycles. The van der Waals surface area contributed by atoms with Gasteiger partial charge in [0.05, 0.1) is 21.1 Å². The number of carbonyl (C=O) groups excluding carboxylic acids is 1. The fourth-order valence-corrected chi connectivity index (χ4v) is 4.52. The van der Waals surface area contributed by atoms with Crippen molar-refractivity contribution < 1.29 is 14.1 Å². The molecule has 0 bridgehead atoms. The lowest BCUT2D eigenvalue weighted by atomic mass is 10.1.